The van der Waals surface area contributed by atoms with E-state index in [2.05, 4.69) is 29.4 Å². The first-order chi connectivity index (χ1) is 10.4. The van der Waals surface area contributed by atoms with Gasteiger partial charge in [-0.2, -0.15) is 0 Å². The van der Waals surface area contributed by atoms with Gasteiger partial charge >= 0.3 is 0 Å². The molecule has 0 spiro atoms. The van der Waals surface area contributed by atoms with E-state index in [1.54, 1.807) is 0 Å². The largest absolute Gasteiger partial charge is 0.307 e. The van der Waals surface area contributed by atoms with E-state index in [1.807, 2.05) is 12.4 Å². The molecule has 1 aromatic heterocycles. The van der Waals surface area contributed by atoms with E-state index in [1.165, 1.54) is 76.2 Å². The Morgan fingerprint density at radius 3 is 1.86 bits per heavy atom. The second-order valence-corrected chi connectivity index (χ2v) is 6.63. The van der Waals surface area contributed by atoms with Crippen LogP contribution in [0.5, 0.6) is 0 Å². The van der Waals surface area contributed by atoms with Crippen LogP contribution in [0.25, 0.3) is 0 Å². The van der Waals surface area contributed by atoms with Gasteiger partial charge in [-0.3, -0.25) is 4.98 Å². The number of hydrogen-bond donors (Lipinski definition) is 1. The molecule has 0 saturated heterocycles. The van der Waals surface area contributed by atoms with Gasteiger partial charge in [-0.1, -0.05) is 57.8 Å². The van der Waals surface area contributed by atoms with E-state index in [0.717, 1.165) is 0 Å². The van der Waals surface area contributed by atoms with Crippen molar-refractivity contribution in [2.75, 3.05) is 0 Å². The zero-order valence-electron chi connectivity index (χ0n) is 13.7. The molecule has 1 aliphatic carbocycles. The van der Waals surface area contributed by atoms with Crippen molar-refractivity contribution < 1.29 is 0 Å². The highest BCUT2D eigenvalue weighted by molar-refractivity contribution is 5.14. The van der Waals surface area contributed by atoms with Gasteiger partial charge < -0.3 is 5.32 Å². The molecule has 2 nitrogen and oxygen atoms in total. The number of aromatic nitrogens is 1. The minimum atomic E-state index is 0.436. The summed E-state index contributed by atoms with van der Waals surface area (Å²) in [5.41, 5.74) is 1.36. The minimum absolute atomic E-state index is 0.436. The molecule has 0 amide bonds. The lowest BCUT2D eigenvalue weighted by Gasteiger charge is -2.24. The lowest BCUT2D eigenvalue weighted by atomic mass is 9.97. The molecule has 0 unspecified atom stereocenters. The van der Waals surface area contributed by atoms with Crippen molar-refractivity contribution in [2.45, 2.75) is 89.6 Å². The van der Waals surface area contributed by atoms with Crippen LogP contribution in [0.4, 0.5) is 0 Å². The molecular formula is C19H32N2. The number of nitrogens with one attached hydrogen (secondary N) is 1. The van der Waals surface area contributed by atoms with Crippen LogP contribution in [0, 0.1) is 0 Å². The second kappa shape index (κ2) is 9.94. The van der Waals surface area contributed by atoms with Crippen molar-refractivity contribution in [3.05, 3.63) is 30.1 Å². The number of rotatable bonds is 3. The Morgan fingerprint density at radius 2 is 1.33 bits per heavy atom. The molecule has 0 radical (unpaired) electrons. The average molecular weight is 288 g/mol. The minimum Gasteiger partial charge on any atom is -0.307 e. The van der Waals surface area contributed by atoms with Gasteiger partial charge in [-0.15, -0.1) is 0 Å². The van der Waals surface area contributed by atoms with Crippen molar-refractivity contribution in [1.29, 1.82) is 0 Å². The SMILES string of the molecule is C[C@@H](NC1CCCCCCCCCCC1)c1ccncc1. The number of pyridine rings is 1. The molecule has 1 aliphatic rings. The van der Waals surface area contributed by atoms with Gasteiger partial charge in [0.1, 0.15) is 0 Å². The maximum absolute atomic E-state index is 4.12. The van der Waals surface area contributed by atoms with Crippen molar-refractivity contribution in [3.63, 3.8) is 0 Å². The average Bonchev–Trinajstić information content (AvgIpc) is 2.51. The van der Waals surface area contributed by atoms with Crippen LogP contribution < -0.4 is 5.32 Å². The van der Waals surface area contributed by atoms with Crippen LogP contribution in [0.15, 0.2) is 24.5 Å². The molecule has 2 rings (SSSR count). The Labute approximate surface area is 130 Å². The van der Waals surface area contributed by atoms with E-state index in [4.69, 9.17) is 0 Å². The zero-order chi connectivity index (χ0) is 14.8. The summed E-state index contributed by atoms with van der Waals surface area (Å²) >= 11 is 0. The Bertz CT molecular complexity index is 351. The van der Waals surface area contributed by atoms with Crippen molar-refractivity contribution in [2.24, 2.45) is 0 Å². The molecule has 1 saturated carbocycles. The maximum Gasteiger partial charge on any atom is 0.0295 e. The molecule has 1 fully saturated rings. The second-order valence-electron chi connectivity index (χ2n) is 6.63. The fraction of sp³-hybridized carbons (Fsp3) is 0.737. The van der Waals surface area contributed by atoms with E-state index < -0.39 is 0 Å². The van der Waals surface area contributed by atoms with E-state index in [9.17, 15) is 0 Å². The Kier molecular flexibility index (Phi) is 7.80. The van der Waals surface area contributed by atoms with Gasteiger partial charge in [0, 0.05) is 24.5 Å². The van der Waals surface area contributed by atoms with Crippen LogP contribution >= 0.6 is 0 Å². The predicted molar refractivity (Wildman–Crippen MR) is 90.4 cm³/mol. The van der Waals surface area contributed by atoms with Crippen molar-refractivity contribution in [1.82, 2.24) is 10.3 Å². The predicted octanol–water partition coefficient (Wildman–Crippen LogP) is 5.41. The summed E-state index contributed by atoms with van der Waals surface area (Å²) < 4.78 is 0. The molecule has 1 atom stereocenters. The molecule has 1 aromatic rings. The van der Waals surface area contributed by atoms with E-state index in [0.29, 0.717) is 12.1 Å². The lowest BCUT2D eigenvalue weighted by molar-refractivity contribution is 0.375. The number of nitrogens with zero attached hydrogens (tertiary/aromatic N) is 1. The summed E-state index contributed by atoms with van der Waals surface area (Å²) in [5.74, 6) is 0. The van der Waals surface area contributed by atoms with Gasteiger partial charge in [0.05, 0.1) is 0 Å². The summed E-state index contributed by atoms with van der Waals surface area (Å²) in [6.07, 6.45) is 19.3. The fourth-order valence-corrected chi connectivity index (χ4v) is 3.43. The molecule has 21 heavy (non-hydrogen) atoms. The zero-order valence-corrected chi connectivity index (χ0v) is 13.7. The van der Waals surface area contributed by atoms with Gasteiger partial charge in [0.2, 0.25) is 0 Å². The molecule has 1 heterocycles. The summed E-state index contributed by atoms with van der Waals surface area (Å²) in [6, 6.07) is 5.39. The van der Waals surface area contributed by atoms with Crippen LogP contribution in [0.1, 0.15) is 89.2 Å². The molecular weight excluding hydrogens is 256 g/mol. The topological polar surface area (TPSA) is 24.9 Å². The third-order valence-corrected chi connectivity index (χ3v) is 4.80. The Balaban J connectivity index is 1.82. The molecule has 1 N–H and O–H groups in total. The molecule has 0 aliphatic heterocycles. The van der Waals surface area contributed by atoms with Crippen LogP contribution in [0.2, 0.25) is 0 Å². The maximum atomic E-state index is 4.12. The highest BCUT2D eigenvalue weighted by atomic mass is 14.9. The molecule has 2 heteroatoms. The normalized spacial score (nSPS) is 21.2. The van der Waals surface area contributed by atoms with Crippen molar-refractivity contribution in [3.8, 4) is 0 Å². The Hall–Kier alpha value is -0.890. The monoisotopic (exact) mass is 288 g/mol. The first kappa shape index (κ1) is 16.5. The summed E-state index contributed by atoms with van der Waals surface area (Å²) in [4.78, 5) is 4.12. The smallest absolute Gasteiger partial charge is 0.0295 e. The first-order valence-corrected chi connectivity index (χ1v) is 9.02. The van der Waals surface area contributed by atoms with Crippen LogP contribution in [-0.2, 0) is 0 Å². The van der Waals surface area contributed by atoms with Crippen LogP contribution in [-0.4, -0.2) is 11.0 Å². The first-order valence-electron chi connectivity index (χ1n) is 9.02. The van der Waals surface area contributed by atoms with Gasteiger partial charge in [-0.25, -0.2) is 0 Å². The molecule has 118 valence electrons. The van der Waals surface area contributed by atoms with Crippen LogP contribution in [0.3, 0.4) is 0 Å². The lowest BCUT2D eigenvalue weighted by Crippen LogP contribution is -2.31. The molecule has 0 bridgehead atoms. The van der Waals surface area contributed by atoms with E-state index in [-0.39, 0.29) is 0 Å². The third-order valence-electron chi connectivity index (χ3n) is 4.80. The molecule has 0 aromatic carbocycles. The fourth-order valence-electron chi connectivity index (χ4n) is 3.43. The Morgan fingerprint density at radius 1 is 0.857 bits per heavy atom. The third kappa shape index (κ3) is 6.60. The highest BCUT2D eigenvalue weighted by Crippen LogP contribution is 2.19. The quantitative estimate of drug-likeness (QED) is 0.805. The van der Waals surface area contributed by atoms with Gasteiger partial charge in [0.15, 0.2) is 0 Å². The number of hydrogen-bond acceptors (Lipinski definition) is 2. The summed E-state index contributed by atoms with van der Waals surface area (Å²) in [5, 5.41) is 3.86. The van der Waals surface area contributed by atoms with E-state index >= 15 is 0 Å². The standard InChI is InChI=1S/C19H32N2/c1-17(18-13-15-20-16-14-18)21-19-11-9-7-5-3-2-4-6-8-10-12-19/h13-17,19,21H,2-12H2,1H3/t17-/m1/s1. The summed E-state index contributed by atoms with van der Waals surface area (Å²) in [6.45, 7) is 2.28. The highest BCUT2D eigenvalue weighted by Gasteiger charge is 2.13. The van der Waals surface area contributed by atoms with Gasteiger partial charge in [0.25, 0.3) is 0 Å². The summed E-state index contributed by atoms with van der Waals surface area (Å²) in [7, 11) is 0. The van der Waals surface area contributed by atoms with Crippen molar-refractivity contribution >= 4 is 0 Å². The van der Waals surface area contributed by atoms with Gasteiger partial charge in [-0.05, 0) is 37.5 Å².